The van der Waals surface area contributed by atoms with Crippen molar-refractivity contribution in [2.24, 2.45) is 11.1 Å². The molecule has 1 aliphatic heterocycles. The lowest BCUT2D eigenvalue weighted by Gasteiger charge is -2.30. The van der Waals surface area contributed by atoms with Gasteiger partial charge in [-0.2, -0.15) is 0 Å². The minimum Gasteiger partial charge on any atom is -0.494 e. The van der Waals surface area contributed by atoms with Crippen LogP contribution in [-0.4, -0.2) is 30.5 Å². The highest BCUT2D eigenvalue weighted by Gasteiger charge is 2.35. The molecule has 7 heteroatoms. The van der Waals surface area contributed by atoms with Gasteiger partial charge in [0.2, 0.25) is 5.91 Å². The molecule has 0 atom stereocenters. The summed E-state index contributed by atoms with van der Waals surface area (Å²) in [7, 11) is 3.12. The molecule has 1 aromatic heterocycles. The average Bonchev–Trinajstić information content (AvgIpc) is 3.05. The van der Waals surface area contributed by atoms with Crippen molar-refractivity contribution in [2.75, 3.05) is 19.5 Å². The lowest BCUT2D eigenvalue weighted by molar-refractivity contribution is 0.0816. The van der Waals surface area contributed by atoms with Gasteiger partial charge in [-0.3, -0.25) is 14.2 Å². The molecule has 3 N–H and O–H groups in total. The summed E-state index contributed by atoms with van der Waals surface area (Å²) in [5.74, 6) is -1.00. The van der Waals surface area contributed by atoms with Crippen LogP contribution in [0.5, 0.6) is 5.75 Å². The van der Waals surface area contributed by atoms with Crippen LogP contribution in [0.15, 0.2) is 30.3 Å². The second kappa shape index (κ2) is 8.65. The number of benzene rings is 2. The largest absolute Gasteiger partial charge is 0.494 e. The number of anilines is 1. The van der Waals surface area contributed by atoms with Gasteiger partial charge in [-0.25, -0.2) is 4.39 Å². The molecule has 2 heterocycles. The number of primary amides is 1. The maximum absolute atomic E-state index is 14.5. The quantitative estimate of drug-likeness (QED) is 0.582. The monoisotopic (exact) mass is 439 g/mol. The highest BCUT2D eigenvalue weighted by atomic mass is 19.1. The molecule has 1 amide bonds. The van der Waals surface area contributed by atoms with Gasteiger partial charge in [0.05, 0.1) is 18.2 Å². The van der Waals surface area contributed by atoms with E-state index in [0.29, 0.717) is 29.6 Å². The van der Waals surface area contributed by atoms with Crippen LogP contribution >= 0.6 is 0 Å². The number of nitrogens with one attached hydrogen (secondary N) is 1. The zero-order chi connectivity index (χ0) is 23.8. The van der Waals surface area contributed by atoms with Crippen LogP contribution in [0.1, 0.15) is 55.0 Å². The number of halogens is 1. The molecule has 0 saturated carbocycles. The molecule has 2 aromatic carbocycles. The smallest absolute Gasteiger partial charge is 0.250 e. The zero-order valence-corrected chi connectivity index (χ0v) is 19.4. The van der Waals surface area contributed by atoms with E-state index in [1.165, 1.54) is 13.2 Å². The van der Waals surface area contributed by atoms with E-state index in [1.807, 2.05) is 33.8 Å². The fourth-order valence-electron chi connectivity index (χ4n) is 4.40. The van der Waals surface area contributed by atoms with Gasteiger partial charge in [0.15, 0.2) is 11.6 Å². The standard InChI is InChI=1S/C23H24FN3O3.C2H6/c1-23(2)10-18-21(12-5-6-13(22(25)29)16(7-12)26-3)14-8-19(30-4)15(24)9-17(14)27(18)20(28)11-23;1-2/h5-9,26H,10-11H2,1-4H3,(H2,25,29);1-2H3. The Hall–Kier alpha value is -3.35. The molecule has 0 fully saturated rings. The van der Waals surface area contributed by atoms with Gasteiger partial charge in [-0.15, -0.1) is 0 Å². The third-order valence-electron chi connectivity index (χ3n) is 5.71. The number of carbonyl (C=O) groups is 2. The number of hydrogen-bond acceptors (Lipinski definition) is 4. The third kappa shape index (κ3) is 3.83. The topological polar surface area (TPSA) is 86.3 Å². The molecule has 32 heavy (non-hydrogen) atoms. The first-order valence-electron chi connectivity index (χ1n) is 10.7. The van der Waals surface area contributed by atoms with Crippen LogP contribution < -0.4 is 15.8 Å². The lowest BCUT2D eigenvalue weighted by atomic mass is 9.80. The Kier molecular flexibility index (Phi) is 6.30. The van der Waals surface area contributed by atoms with Crippen molar-refractivity contribution in [1.82, 2.24) is 4.57 Å². The lowest BCUT2D eigenvalue weighted by Crippen LogP contribution is -2.31. The van der Waals surface area contributed by atoms with E-state index in [-0.39, 0.29) is 17.1 Å². The fourth-order valence-corrected chi connectivity index (χ4v) is 4.40. The van der Waals surface area contributed by atoms with Crippen molar-refractivity contribution in [2.45, 2.75) is 40.5 Å². The predicted octanol–water partition coefficient (Wildman–Crippen LogP) is 5.24. The molecule has 0 unspecified atom stereocenters. The molecular weight excluding hydrogens is 409 g/mol. The summed E-state index contributed by atoms with van der Waals surface area (Å²) >= 11 is 0. The van der Waals surface area contributed by atoms with Crippen molar-refractivity contribution < 1.29 is 18.7 Å². The number of hydrogen-bond donors (Lipinski definition) is 2. The van der Waals surface area contributed by atoms with E-state index in [2.05, 4.69) is 5.32 Å². The number of nitrogens with two attached hydrogens (primary N) is 1. The van der Waals surface area contributed by atoms with Gasteiger partial charge < -0.3 is 15.8 Å². The molecule has 4 rings (SSSR count). The summed E-state index contributed by atoms with van der Waals surface area (Å²) in [6.45, 7) is 8.10. The van der Waals surface area contributed by atoms with E-state index in [9.17, 15) is 14.0 Å². The summed E-state index contributed by atoms with van der Waals surface area (Å²) in [6.07, 6.45) is 1.03. The van der Waals surface area contributed by atoms with Crippen molar-refractivity contribution in [3.8, 4) is 16.9 Å². The van der Waals surface area contributed by atoms with Crippen LogP contribution in [-0.2, 0) is 6.42 Å². The van der Waals surface area contributed by atoms with E-state index in [1.54, 1.807) is 29.8 Å². The summed E-state index contributed by atoms with van der Waals surface area (Å²) in [5.41, 5.74) is 9.20. The summed E-state index contributed by atoms with van der Waals surface area (Å²) in [4.78, 5) is 24.8. The number of rotatable bonds is 4. The highest BCUT2D eigenvalue weighted by molar-refractivity contribution is 6.06. The molecule has 0 spiro atoms. The summed E-state index contributed by atoms with van der Waals surface area (Å²) in [5, 5.41) is 3.73. The van der Waals surface area contributed by atoms with Crippen LogP contribution in [0.4, 0.5) is 10.1 Å². The summed E-state index contributed by atoms with van der Waals surface area (Å²) in [6, 6.07) is 8.28. The Balaban J connectivity index is 0.00000141. The third-order valence-corrected chi connectivity index (χ3v) is 5.71. The Morgan fingerprint density at radius 3 is 2.47 bits per heavy atom. The van der Waals surface area contributed by atoms with Crippen molar-refractivity contribution >= 4 is 28.4 Å². The minimum absolute atomic E-state index is 0.0651. The van der Waals surface area contributed by atoms with Gasteiger partial charge in [-0.1, -0.05) is 33.8 Å². The molecule has 0 aliphatic carbocycles. The van der Waals surface area contributed by atoms with Crippen LogP contribution in [0.2, 0.25) is 0 Å². The number of aromatic nitrogens is 1. The molecule has 3 aromatic rings. The first-order valence-corrected chi connectivity index (χ1v) is 10.7. The van der Waals surface area contributed by atoms with E-state index < -0.39 is 11.7 Å². The molecular formula is C25H30FN3O3. The average molecular weight is 440 g/mol. The Labute approximate surface area is 187 Å². The minimum atomic E-state index is -0.533. The molecule has 1 aliphatic rings. The number of nitrogens with zero attached hydrogens (tertiary/aromatic N) is 1. The predicted molar refractivity (Wildman–Crippen MR) is 126 cm³/mol. The van der Waals surface area contributed by atoms with Crippen molar-refractivity contribution in [3.63, 3.8) is 0 Å². The molecule has 170 valence electrons. The molecule has 0 bridgehead atoms. The van der Waals surface area contributed by atoms with E-state index in [4.69, 9.17) is 10.5 Å². The number of fused-ring (bicyclic) bond motifs is 3. The Morgan fingerprint density at radius 2 is 1.88 bits per heavy atom. The van der Waals surface area contributed by atoms with Crippen molar-refractivity contribution in [1.29, 1.82) is 0 Å². The van der Waals surface area contributed by atoms with Crippen molar-refractivity contribution in [3.05, 3.63) is 47.4 Å². The molecule has 0 saturated heterocycles. The zero-order valence-electron chi connectivity index (χ0n) is 19.4. The maximum atomic E-state index is 14.5. The molecule has 0 radical (unpaired) electrons. The first kappa shape index (κ1) is 23.3. The van der Waals surface area contributed by atoms with E-state index in [0.717, 1.165) is 22.2 Å². The summed E-state index contributed by atoms with van der Waals surface area (Å²) < 4.78 is 21.4. The number of amides is 1. The fraction of sp³-hybridized carbons (Fsp3) is 0.360. The van der Waals surface area contributed by atoms with Gasteiger partial charge in [0, 0.05) is 41.9 Å². The number of ether oxygens (including phenoxy) is 1. The molecule has 6 nitrogen and oxygen atoms in total. The first-order chi connectivity index (χ1) is 15.2. The second-order valence-corrected chi connectivity index (χ2v) is 8.45. The highest BCUT2D eigenvalue weighted by Crippen LogP contribution is 2.44. The van der Waals surface area contributed by atoms with E-state index >= 15 is 0 Å². The van der Waals surface area contributed by atoms with Gasteiger partial charge in [-0.05, 0) is 35.6 Å². The van der Waals surface area contributed by atoms with Gasteiger partial charge in [0.1, 0.15) is 0 Å². The van der Waals surface area contributed by atoms with Gasteiger partial charge in [0.25, 0.3) is 5.91 Å². The second-order valence-electron chi connectivity index (χ2n) is 8.45. The van der Waals surface area contributed by atoms with Crippen LogP contribution in [0, 0.1) is 11.2 Å². The Morgan fingerprint density at radius 1 is 1.19 bits per heavy atom. The van der Waals surface area contributed by atoms with Crippen LogP contribution in [0.3, 0.4) is 0 Å². The van der Waals surface area contributed by atoms with Gasteiger partial charge >= 0.3 is 0 Å². The van der Waals surface area contributed by atoms with Crippen LogP contribution in [0.25, 0.3) is 22.0 Å². The normalized spacial score (nSPS) is 14.4. The number of carbonyl (C=O) groups excluding carboxylic acids is 2. The Bertz CT molecular complexity index is 1210. The number of methoxy groups -OCH3 is 1. The SMILES string of the molecule is CC.CNc1cc(-c2c3n(c4cc(F)c(OC)cc24)C(=O)CC(C)(C)C3)ccc1C(N)=O. The maximum Gasteiger partial charge on any atom is 0.250 e.